The van der Waals surface area contributed by atoms with Crippen molar-refractivity contribution in [1.29, 1.82) is 0 Å². The minimum atomic E-state index is -0.379. The van der Waals surface area contributed by atoms with E-state index in [4.69, 9.17) is 17.0 Å². The highest BCUT2D eigenvalue weighted by Crippen LogP contribution is 2.35. The van der Waals surface area contributed by atoms with Crippen molar-refractivity contribution in [2.24, 2.45) is 5.10 Å². The highest BCUT2D eigenvalue weighted by Gasteiger charge is 2.31. The number of aryl methyl sites for hydroxylation is 1. The molecule has 3 N–H and O–H groups in total. The van der Waals surface area contributed by atoms with Crippen molar-refractivity contribution >= 4 is 28.7 Å². The highest BCUT2D eigenvalue weighted by atomic mass is 32.1. The number of hydrogen-bond donors (Lipinski definition) is 3. The Morgan fingerprint density at radius 1 is 1.23 bits per heavy atom. The number of benzene rings is 2. The van der Waals surface area contributed by atoms with Gasteiger partial charge >= 0.3 is 0 Å². The van der Waals surface area contributed by atoms with Crippen molar-refractivity contribution in [3.05, 3.63) is 53.6 Å². The van der Waals surface area contributed by atoms with E-state index in [9.17, 15) is 5.11 Å². The predicted molar refractivity (Wildman–Crippen MR) is 109 cm³/mol. The molecule has 2 aromatic carbocycles. The van der Waals surface area contributed by atoms with Gasteiger partial charge in [-0.3, -0.25) is 5.43 Å². The van der Waals surface area contributed by atoms with Crippen molar-refractivity contribution in [2.45, 2.75) is 39.2 Å². The Bertz CT molecular complexity index is 845. The molecule has 0 spiro atoms. The van der Waals surface area contributed by atoms with Crippen LogP contribution in [0.4, 0.5) is 5.69 Å². The Labute approximate surface area is 159 Å². The molecule has 0 saturated carbocycles. The first-order chi connectivity index (χ1) is 12.4. The average Bonchev–Trinajstić information content (AvgIpc) is 2.60. The van der Waals surface area contributed by atoms with E-state index < -0.39 is 0 Å². The SMILES string of the molecule is CCc1ccc(NC(=S)NN=C2CC(C)(C)Oc3ccc(O)cc32)cc1. The van der Waals surface area contributed by atoms with E-state index in [1.54, 1.807) is 18.2 Å². The molecule has 1 aliphatic heterocycles. The fraction of sp³-hybridized carbons (Fsp3) is 0.300. The third-order valence-corrected chi connectivity index (χ3v) is 4.36. The monoisotopic (exact) mass is 369 g/mol. The second-order valence-corrected chi connectivity index (χ2v) is 7.30. The van der Waals surface area contributed by atoms with Gasteiger partial charge in [-0.1, -0.05) is 19.1 Å². The zero-order valence-electron chi connectivity index (χ0n) is 15.2. The van der Waals surface area contributed by atoms with Crippen molar-refractivity contribution in [1.82, 2.24) is 5.43 Å². The summed E-state index contributed by atoms with van der Waals surface area (Å²) in [6.45, 7) is 6.13. The second-order valence-electron chi connectivity index (χ2n) is 6.89. The van der Waals surface area contributed by atoms with Crippen LogP contribution in [0.2, 0.25) is 0 Å². The first-order valence-electron chi connectivity index (χ1n) is 8.61. The molecule has 1 heterocycles. The smallest absolute Gasteiger partial charge is 0.191 e. The molecule has 26 heavy (non-hydrogen) atoms. The molecule has 0 unspecified atom stereocenters. The van der Waals surface area contributed by atoms with Crippen LogP contribution in [0, 0.1) is 0 Å². The summed E-state index contributed by atoms with van der Waals surface area (Å²) < 4.78 is 5.96. The van der Waals surface area contributed by atoms with Crippen LogP contribution in [0.15, 0.2) is 47.6 Å². The Morgan fingerprint density at radius 2 is 1.96 bits per heavy atom. The average molecular weight is 369 g/mol. The number of ether oxygens (including phenoxy) is 1. The molecule has 2 aromatic rings. The molecule has 0 aliphatic carbocycles. The van der Waals surface area contributed by atoms with E-state index in [1.165, 1.54) is 5.56 Å². The number of thiocarbonyl (C=S) groups is 1. The Kier molecular flexibility index (Phi) is 5.13. The molecule has 3 rings (SSSR count). The third-order valence-electron chi connectivity index (χ3n) is 4.17. The fourth-order valence-electron chi connectivity index (χ4n) is 2.87. The molecule has 0 fully saturated rings. The van der Waals surface area contributed by atoms with Gasteiger partial charge in [-0.15, -0.1) is 0 Å². The summed E-state index contributed by atoms with van der Waals surface area (Å²) >= 11 is 5.34. The second kappa shape index (κ2) is 7.33. The minimum absolute atomic E-state index is 0.177. The van der Waals surface area contributed by atoms with Gasteiger partial charge in [-0.25, -0.2) is 0 Å². The lowest BCUT2D eigenvalue weighted by molar-refractivity contribution is 0.111. The van der Waals surface area contributed by atoms with Crippen LogP contribution in [-0.2, 0) is 6.42 Å². The van der Waals surface area contributed by atoms with E-state index in [-0.39, 0.29) is 11.4 Å². The number of nitrogens with zero attached hydrogens (tertiary/aromatic N) is 1. The van der Waals surface area contributed by atoms with Crippen molar-refractivity contribution in [2.75, 3.05) is 5.32 Å². The molecule has 0 saturated heterocycles. The number of rotatable bonds is 3. The van der Waals surface area contributed by atoms with Gasteiger partial charge in [0.2, 0.25) is 0 Å². The lowest BCUT2D eigenvalue weighted by Gasteiger charge is -2.33. The molecule has 1 aliphatic rings. The number of nitrogens with one attached hydrogen (secondary N) is 2. The topological polar surface area (TPSA) is 65.9 Å². The molecule has 5 nitrogen and oxygen atoms in total. The molecular formula is C20H23N3O2S. The van der Waals surface area contributed by atoms with Gasteiger partial charge in [-0.05, 0) is 68.4 Å². The van der Waals surface area contributed by atoms with Gasteiger partial charge < -0.3 is 15.2 Å². The normalized spacial score (nSPS) is 16.5. The molecule has 0 radical (unpaired) electrons. The molecule has 0 atom stereocenters. The maximum Gasteiger partial charge on any atom is 0.191 e. The largest absolute Gasteiger partial charge is 0.508 e. The standard InChI is InChI=1S/C20H23N3O2S/c1-4-13-5-7-14(8-6-13)21-19(26)23-22-17-12-20(2,3)25-18-10-9-15(24)11-16(17)18/h5-11,24H,4,12H2,1-3H3,(H2,21,23,26). The number of hydrogen-bond acceptors (Lipinski definition) is 4. The minimum Gasteiger partial charge on any atom is -0.508 e. The maximum atomic E-state index is 9.78. The van der Waals surface area contributed by atoms with Crippen LogP contribution < -0.4 is 15.5 Å². The van der Waals surface area contributed by atoms with E-state index in [0.29, 0.717) is 17.3 Å². The third kappa shape index (κ3) is 4.32. The van der Waals surface area contributed by atoms with E-state index in [1.807, 2.05) is 26.0 Å². The van der Waals surface area contributed by atoms with E-state index in [0.717, 1.165) is 23.4 Å². The van der Waals surface area contributed by atoms with Gasteiger partial charge in [0.05, 0.1) is 5.71 Å². The van der Waals surface area contributed by atoms with Crippen molar-refractivity contribution < 1.29 is 9.84 Å². The number of aromatic hydroxyl groups is 1. The van der Waals surface area contributed by atoms with Gasteiger partial charge in [-0.2, -0.15) is 5.10 Å². The first-order valence-corrected chi connectivity index (χ1v) is 9.02. The molecular weight excluding hydrogens is 346 g/mol. The molecule has 6 heteroatoms. The number of phenolic OH excluding ortho intramolecular Hbond substituents is 1. The summed E-state index contributed by atoms with van der Waals surface area (Å²) in [6.07, 6.45) is 1.60. The summed E-state index contributed by atoms with van der Waals surface area (Å²) in [5, 5.41) is 17.8. The van der Waals surface area contributed by atoms with Gasteiger partial charge in [0.25, 0.3) is 0 Å². The summed E-state index contributed by atoms with van der Waals surface area (Å²) in [5.41, 5.74) is 6.26. The lowest BCUT2D eigenvalue weighted by Crippen LogP contribution is -2.37. The van der Waals surface area contributed by atoms with E-state index >= 15 is 0 Å². The van der Waals surface area contributed by atoms with Crippen molar-refractivity contribution in [3.8, 4) is 11.5 Å². The van der Waals surface area contributed by atoms with Crippen LogP contribution in [0.5, 0.6) is 11.5 Å². The Morgan fingerprint density at radius 3 is 2.65 bits per heavy atom. The number of phenols is 1. The van der Waals surface area contributed by atoms with Crippen LogP contribution in [-0.4, -0.2) is 21.5 Å². The maximum absolute atomic E-state index is 9.78. The quantitative estimate of drug-likeness (QED) is 0.559. The summed E-state index contributed by atoms with van der Waals surface area (Å²) in [4.78, 5) is 0. The molecule has 0 aromatic heterocycles. The number of anilines is 1. The zero-order valence-corrected chi connectivity index (χ0v) is 16.0. The Balaban J connectivity index is 1.74. The fourth-order valence-corrected chi connectivity index (χ4v) is 3.03. The number of fused-ring (bicyclic) bond motifs is 1. The first kappa shape index (κ1) is 18.2. The predicted octanol–water partition coefficient (Wildman–Crippen LogP) is 4.21. The lowest BCUT2D eigenvalue weighted by atomic mass is 9.92. The highest BCUT2D eigenvalue weighted by molar-refractivity contribution is 7.80. The van der Waals surface area contributed by atoms with Crippen LogP contribution in [0.3, 0.4) is 0 Å². The molecule has 136 valence electrons. The molecule has 0 amide bonds. The van der Waals surface area contributed by atoms with Crippen molar-refractivity contribution in [3.63, 3.8) is 0 Å². The van der Waals surface area contributed by atoms with Crippen LogP contribution in [0.25, 0.3) is 0 Å². The molecule has 0 bridgehead atoms. The zero-order chi connectivity index (χ0) is 18.7. The summed E-state index contributed by atoms with van der Waals surface area (Å²) in [6, 6.07) is 13.1. The van der Waals surface area contributed by atoms with Crippen LogP contribution >= 0.6 is 12.2 Å². The number of hydrazone groups is 1. The summed E-state index contributed by atoms with van der Waals surface area (Å²) in [5.74, 6) is 0.880. The van der Waals surface area contributed by atoms with Gasteiger partial charge in [0, 0.05) is 17.7 Å². The summed E-state index contributed by atoms with van der Waals surface area (Å²) in [7, 11) is 0. The Hall–Kier alpha value is -2.60. The van der Waals surface area contributed by atoms with Crippen LogP contribution in [0.1, 0.15) is 38.3 Å². The van der Waals surface area contributed by atoms with Gasteiger partial charge in [0.1, 0.15) is 17.1 Å². The van der Waals surface area contributed by atoms with E-state index in [2.05, 4.69) is 34.9 Å². The van der Waals surface area contributed by atoms with Gasteiger partial charge in [0.15, 0.2) is 5.11 Å².